The first-order valence-electron chi connectivity index (χ1n) is 7.34. The topological polar surface area (TPSA) is 139 Å². The third-order valence-corrected chi connectivity index (χ3v) is 4.70. The zero-order chi connectivity index (χ0) is 20.4. The number of rotatable bonds is 6. The number of carboxylic acid groups (broad SMARTS) is 1. The number of halogens is 2. The number of hydrogen-bond acceptors (Lipinski definition) is 6. The second-order valence-electron chi connectivity index (χ2n) is 5.50. The highest BCUT2D eigenvalue weighted by Gasteiger charge is 2.20. The SMILES string of the molecule is C/C(N)=C/N(N)c1ccc(S(=O)(=O)Nc2cc(F)c(C(=O)O)cc2F)cc1. The zero-order valence-electron chi connectivity index (χ0n) is 14.0. The number of hydrogen-bond donors (Lipinski definition) is 4. The van der Waals surface area contributed by atoms with Gasteiger partial charge in [-0.15, -0.1) is 0 Å². The second kappa shape index (κ2) is 7.60. The highest BCUT2D eigenvalue weighted by atomic mass is 32.2. The Morgan fingerprint density at radius 3 is 2.30 bits per heavy atom. The van der Waals surface area contributed by atoms with Crippen LogP contribution in [0.25, 0.3) is 0 Å². The van der Waals surface area contributed by atoms with Crippen LogP contribution in [0.15, 0.2) is 53.2 Å². The number of nitrogens with one attached hydrogen (secondary N) is 1. The number of anilines is 2. The van der Waals surface area contributed by atoms with Crippen molar-refractivity contribution in [3.8, 4) is 0 Å². The van der Waals surface area contributed by atoms with Gasteiger partial charge in [0, 0.05) is 18.0 Å². The first kappa shape index (κ1) is 20.1. The monoisotopic (exact) mass is 398 g/mol. The predicted molar refractivity (Wildman–Crippen MR) is 95.2 cm³/mol. The standard InChI is InChI=1S/C16H16F2N4O4S/c1-9(19)8-22(20)10-2-4-11(5-3-10)27(25,26)21-15-7-13(17)12(16(23)24)6-14(15)18/h2-8,21H,19-20H2,1H3,(H,23,24)/b9-8-. The van der Waals surface area contributed by atoms with Gasteiger partial charge in [-0.1, -0.05) is 0 Å². The summed E-state index contributed by atoms with van der Waals surface area (Å²) in [6.45, 7) is 1.62. The molecule has 0 spiro atoms. The smallest absolute Gasteiger partial charge is 0.338 e. The molecule has 27 heavy (non-hydrogen) atoms. The zero-order valence-corrected chi connectivity index (χ0v) is 14.8. The normalized spacial score (nSPS) is 11.9. The molecule has 0 saturated heterocycles. The summed E-state index contributed by atoms with van der Waals surface area (Å²) in [5.41, 5.74) is 4.73. The van der Waals surface area contributed by atoms with Gasteiger partial charge >= 0.3 is 5.97 Å². The van der Waals surface area contributed by atoms with E-state index in [1.165, 1.54) is 35.5 Å². The van der Waals surface area contributed by atoms with Gasteiger partial charge in [0.1, 0.15) is 11.6 Å². The lowest BCUT2D eigenvalue weighted by molar-refractivity contribution is 0.0691. The van der Waals surface area contributed by atoms with E-state index in [9.17, 15) is 22.0 Å². The Labute approximate surface area is 153 Å². The summed E-state index contributed by atoms with van der Waals surface area (Å²) < 4.78 is 54.2. The van der Waals surface area contributed by atoms with E-state index >= 15 is 0 Å². The van der Waals surface area contributed by atoms with E-state index < -0.39 is 38.9 Å². The fourth-order valence-corrected chi connectivity index (χ4v) is 3.14. The number of carboxylic acids is 1. The highest BCUT2D eigenvalue weighted by molar-refractivity contribution is 7.92. The minimum absolute atomic E-state index is 0.241. The van der Waals surface area contributed by atoms with Crippen LogP contribution in [0.5, 0.6) is 0 Å². The Morgan fingerprint density at radius 1 is 1.19 bits per heavy atom. The van der Waals surface area contributed by atoms with E-state index in [1.807, 2.05) is 4.72 Å². The molecule has 0 atom stereocenters. The van der Waals surface area contributed by atoms with Crippen molar-refractivity contribution < 1.29 is 27.1 Å². The van der Waals surface area contributed by atoms with Crippen molar-refractivity contribution in [3.05, 3.63) is 65.5 Å². The fourth-order valence-electron chi connectivity index (χ4n) is 2.08. The van der Waals surface area contributed by atoms with E-state index in [1.54, 1.807) is 6.92 Å². The number of nitrogens with two attached hydrogens (primary N) is 2. The van der Waals surface area contributed by atoms with Crippen LogP contribution in [0.1, 0.15) is 17.3 Å². The van der Waals surface area contributed by atoms with Crippen LogP contribution < -0.4 is 21.3 Å². The average molecular weight is 398 g/mol. The summed E-state index contributed by atoms with van der Waals surface area (Å²) in [6.07, 6.45) is 1.42. The first-order valence-corrected chi connectivity index (χ1v) is 8.82. The molecule has 0 heterocycles. The molecule has 0 aliphatic carbocycles. The molecule has 0 amide bonds. The molecular formula is C16H16F2N4O4S. The van der Waals surface area contributed by atoms with Crippen LogP contribution in [0, 0.1) is 11.6 Å². The van der Waals surface area contributed by atoms with Crippen molar-refractivity contribution in [2.45, 2.75) is 11.8 Å². The lowest BCUT2D eigenvalue weighted by Gasteiger charge is -2.15. The Balaban J connectivity index is 2.31. The van der Waals surface area contributed by atoms with Crippen LogP contribution in [-0.4, -0.2) is 19.5 Å². The molecule has 2 aromatic rings. The van der Waals surface area contributed by atoms with Gasteiger partial charge in [-0.05, 0) is 37.3 Å². The van der Waals surface area contributed by atoms with E-state index in [4.69, 9.17) is 16.7 Å². The summed E-state index contributed by atoms with van der Waals surface area (Å²) in [5.74, 6) is 1.54. The van der Waals surface area contributed by atoms with Gasteiger partial charge in [0.15, 0.2) is 0 Å². The minimum Gasteiger partial charge on any atom is -0.478 e. The quantitative estimate of drug-likeness (QED) is 0.431. The Hall–Kier alpha value is -3.18. The Kier molecular flexibility index (Phi) is 5.66. The lowest BCUT2D eigenvalue weighted by atomic mass is 10.2. The second-order valence-corrected chi connectivity index (χ2v) is 7.18. The summed E-state index contributed by atoms with van der Waals surface area (Å²) >= 11 is 0. The maximum atomic E-state index is 13.9. The molecule has 0 aromatic heterocycles. The first-order chi connectivity index (χ1) is 12.5. The lowest BCUT2D eigenvalue weighted by Crippen LogP contribution is -2.25. The van der Waals surface area contributed by atoms with Crippen molar-refractivity contribution in [2.24, 2.45) is 11.6 Å². The molecule has 8 nitrogen and oxygen atoms in total. The Morgan fingerprint density at radius 2 is 1.78 bits per heavy atom. The Bertz CT molecular complexity index is 1000. The molecule has 0 aliphatic heterocycles. The number of sulfonamides is 1. The van der Waals surface area contributed by atoms with Crippen molar-refractivity contribution in [1.29, 1.82) is 0 Å². The van der Waals surface area contributed by atoms with Gasteiger partial charge < -0.3 is 10.8 Å². The maximum Gasteiger partial charge on any atom is 0.338 e. The van der Waals surface area contributed by atoms with E-state index in [2.05, 4.69) is 0 Å². The van der Waals surface area contributed by atoms with Crippen LogP contribution >= 0.6 is 0 Å². The van der Waals surface area contributed by atoms with Gasteiger partial charge in [0.05, 0.1) is 21.8 Å². The van der Waals surface area contributed by atoms with Gasteiger partial charge in [-0.2, -0.15) is 0 Å². The number of nitrogens with zero attached hydrogens (tertiary/aromatic N) is 1. The van der Waals surface area contributed by atoms with Crippen molar-refractivity contribution in [1.82, 2.24) is 0 Å². The number of aromatic carboxylic acids is 1. The van der Waals surface area contributed by atoms with E-state index in [-0.39, 0.29) is 4.90 Å². The average Bonchev–Trinajstić information content (AvgIpc) is 2.57. The molecule has 0 radical (unpaired) electrons. The largest absolute Gasteiger partial charge is 0.478 e. The van der Waals surface area contributed by atoms with Crippen LogP contribution in [0.4, 0.5) is 20.2 Å². The van der Waals surface area contributed by atoms with Gasteiger partial charge in [0.2, 0.25) is 0 Å². The molecule has 0 bridgehead atoms. The third kappa shape index (κ3) is 4.71. The van der Waals surface area contributed by atoms with E-state index in [0.29, 0.717) is 23.5 Å². The van der Waals surface area contributed by atoms with Crippen LogP contribution in [0.3, 0.4) is 0 Å². The fraction of sp³-hybridized carbons (Fsp3) is 0.0625. The molecule has 0 unspecified atom stereocenters. The summed E-state index contributed by atoms with van der Waals surface area (Å²) in [4.78, 5) is 10.5. The maximum absolute atomic E-state index is 13.9. The van der Waals surface area contributed by atoms with Gasteiger partial charge in [-0.3, -0.25) is 9.73 Å². The van der Waals surface area contributed by atoms with E-state index in [0.717, 1.165) is 0 Å². The molecule has 2 rings (SSSR count). The van der Waals surface area contributed by atoms with Crippen molar-refractivity contribution in [2.75, 3.05) is 9.73 Å². The summed E-state index contributed by atoms with van der Waals surface area (Å²) in [6, 6.07) is 6.04. The summed E-state index contributed by atoms with van der Waals surface area (Å²) in [5, 5.41) is 9.92. The molecule has 0 aliphatic rings. The molecule has 6 N–H and O–H groups in total. The van der Waals surface area contributed by atoms with Crippen molar-refractivity contribution >= 4 is 27.4 Å². The molecule has 0 fully saturated rings. The van der Waals surface area contributed by atoms with Crippen LogP contribution in [0.2, 0.25) is 0 Å². The van der Waals surface area contributed by atoms with Gasteiger partial charge in [-0.25, -0.2) is 27.8 Å². The number of allylic oxidation sites excluding steroid dienone is 1. The molecular weight excluding hydrogens is 382 g/mol. The molecule has 11 heteroatoms. The highest BCUT2D eigenvalue weighted by Crippen LogP contribution is 2.24. The third-order valence-electron chi connectivity index (χ3n) is 3.32. The minimum atomic E-state index is -4.25. The van der Waals surface area contributed by atoms with Gasteiger partial charge in [0.25, 0.3) is 10.0 Å². The predicted octanol–water partition coefficient (Wildman–Crippen LogP) is 1.96. The molecule has 0 saturated carbocycles. The van der Waals surface area contributed by atoms with Crippen LogP contribution in [-0.2, 0) is 10.0 Å². The molecule has 144 valence electrons. The molecule has 2 aromatic carbocycles. The number of hydrazine groups is 1. The van der Waals surface area contributed by atoms with Crippen molar-refractivity contribution in [3.63, 3.8) is 0 Å². The number of carbonyl (C=O) groups is 1. The number of benzene rings is 2. The summed E-state index contributed by atoms with van der Waals surface area (Å²) in [7, 11) is -4.25.